The minimum absolute atomic E-state index is 0.545. The van der Waals surface area contributed by atoms with Crippen LogP contribution in [0.25, 0.3) is 12.2 Å². The summed E-state index contributed by atoms with van der Waals surface area (Å²) in [7, 11) is 0. The van der Waals surface area contributed by atoms with Crippen molar-refractivity contribution >= 4 is 12.2 Å². The molecular formula is C10H11N. The number of aromatic nitrogens is 1. The first kappa shape index (κ1) is 6.47. The number of hydrogen-bond acceptors (Lipinski definition) is 0. The molecule has 0 bridgehead atoms. The van der Waals surface area contributed by atoms with Gasteiger partial charge >= 0.3 is 0 Å². The van der Waals surface area contributed by atoms with Gasteiger partial charge in [-0.1, -0.05) is 25.2 Å². The van der Waals surface area contributed by atoms with Crippen LogP contribution in [0.15, 0.2) is 24.4 Å². The van der Waals surface area contributed by atoms with Gasteiger partial charge in [-0.05, 0) is 23.3 Å². The van der Waals surface area contributed by atoms with E-state index in [4.69, 9.17) is 0 Å². The number of nitrogens with one attached hydrogen (secondary N) is 1. The summed E-state index contributed by atoms with van der Waals surface area (Å²) < 4.78 is 0. The molecule has 1 aliphatic rings. The van der Waals surface area contributed by atoms with Gasteiger partial charge in [-0.3, -0.25) is 0 Å². The molecule has 2 rings (SSSR count). The van der Waals surface area contributed by atoms with Crippen LogP contribution in [-0.2, 0) is 0 Å². The summed E-state index contributed by atoms with van der Waals surface area (Å²) in [4.78, 5) is 3.18. The highest BCUT2D eigenvalue weighted by atomic mass is 14.6. The average Bonchev–Trinajstić information content (AvgIpc) is 2.31. The van der Waals surface area contributed by atoms with Gasteiger partial charge in [0.2, 0.25) is 0 Å². The molecule has 1 heterocycles. The molecule has 1 nitrogen and oxygen atoms in total. The second kappa shape index (κ2) is 2.42. The lowest BCUT2D eigenvalue weighted by molar-refractivity contribution is 0.998. The molecule has 1 aliphatic carbocycles. The zero-order valence-corrected chi connectivity index (χ0v) is 6.54. The highest BCUT2D eigenvalue weighted by molar-refractivity contribution is 5.43. The Labute approximate surface area is 65.8 Å². The quantitative estimate of drug-likeness (QED) is 0.555. The lowest BCUT2D eigenvalue weighted by atomic mass is 10.1. The smallest absolute Gasteiger partial charge is 0.0450 e. The van der Waals surface area contributed by atoms with Crippen LogP contribution >= 0.6 is 0 Å². The van der Waals surface area contributed by atoms with E-state index in [-0.39, 0.29) is 0 Å². The third-order valence-corrected chi connectivity index (χ3v) is 1.93. The summed E-state index contributed by atoms with van der Waals surface area (Å²) in [6.45, 7) is 2.19. The monoisotopic (exact) mass is 145 g/mol. The van der Waals surface area contributed by atoms with Crippen molar-refractivity contribution in [3.8, 4) is 0 Å². The lowest BCUT2D eigenvalue weighted by Gasteiger charge is -1.91. The molecule has 0 aliphatic heterocycles. The average molecular weight is 145 g/mol. The Bertz CT molecular complexity index is 381. The van der Waals surface area contributed by atoms with Crippen molar-refractivity contribution in [2.45, 2.75) is 6.92 Å². The minimum Gasteiger partial charge on any atom is -0.361 e. The van der Waals surface area contributed by atoms with Crippen molar-refractivity contribution in [2.75, 3.05) is 0 Å². The topological polar surface area (TPSA) is 15.8 Å². The number of hydrogen-bond donors (Lipinski definition) is 1. The first-order chi connectivity index (χ1) is 5.36. The third-order valence-electron chi connectivity index (χ3n) is 1.93. The van der Waals surface area contributed by atoms with E-state index < -0.39 is 0 Å². The van der Waals surface area contributed by atoms with Gasteiger partial charge < -0.3 is 4.98 Å². The molecule has 0 amide bonds. The molecule has 56 valence electrons. The van der Waals surface area contributed by atoms with Crippen molar-refractivity contribution in [3.05, 3.63) is 35.0 Å². The fourth-order valence-electron chi connectivity index (χ4n) is 1.35. The summed E-state index contributed by atoms with van der Waals surface area (Å²) in [5.41, 5.74) is 0. The Kier molecular flexibility index (Phi) is 1.42. The van der Waals surface area contributed by atoms with Crippen molar-refractivity contribution in [3.63, 3.8) is 0 Å². The molecule has 1 N–H and O–H groups in total. The molecule has 0 radical (unpaired) electrons. The third kappa shape index (κ3) is 1.14. The summed E-state index contributed by atoms with van der Waals surface area (Å²) in [5.74, 6) is 0.545. The predicted molar refractivity (Wildman–Crippen MR) is 47.3 cm³/mol. The summed E-state index contributed by atoms with van der Waals surface area (Å²) in [5, 5.41) is 2.52. The Balaban J connectivity index is 2.74. The van der Waals surface area contributed by atoms with Crippen LogP contribution in [0.3, 0.4) is 0 Å². The van der Waals surface area contributed by atoms with Crippen LogP contribution in [0.2, 0.25) is 0 Å². The molecule has 1 unspecified atom stereocenters. The molecule has 0 saturated carbocycles. The minimum atomic E-state index is 0.545. The fraction of sp³-hybridized carbons (Fsp3) is 0.200. The molecule has 11 heavy (non-hydrogen) atoms. The second-order valence-electron chi connectivity index (χ2n) is 2.92. The van der Waals surface area contributed by atoms with Crippen LogP contribution in [-0.4, -0.2) is 4.98 Å². The van der Waals surface area contributed by atoms with E-state index in [2.05, 4.69) is 42.3 Å². The van der Waals surface area contributed by atoms with Crippen molar-refractivity contribution in [2.24, 2.45) is 5.92 Å². The Morgan fingerprint density at radius 2 is 2.36 bits per heavy atom. The van der Waals surface area contributed by atoms with Gasteiger partial charge in [-0.25, -0.2) is 0 Å². The maximum absolute atomic E-state index is 3.18. The Morgan fingerprint density at radius 1 is 1.45 bits per heavy atom. The molecule has 1 atom stereocenters. The molecular weight excluding hydrogens is 134 g/mol. The van der Waals surface area contributed by atoms with Crippen LogP contribution in [0.5, 0.6) is 0 Å². The summed E-state index contributed by atoms with van der Waals surface area (Å²) in [6, 6.07) is 2.11. The van der Waals surface area contributed by atoms with Crippen molar-refractivity contribution in [1.29, 1.82) is 0 Å². The molecule has 0 spiro atoms. The predicted octanol–water partition coefficient (Wildman–Crippen LogP) is 0.782. The van der Waals surface area contributed by atoms with Crippen LogP contribution in [0.1, 0.15) is 6.92 Å². The number of H-pyrrole nitrogens is 1. The Hall–Kier alpha value is -1.24. The number of fused-ring (bicyclic) bond motifs is 1. The maximum Gasteiger partial charge on any atom is 0.0450 e. The number of aromatic amines is 1. The zero-order valence-electron chi connectivity index (χ0n) is 6.54. The van der Waals surface area contributed by atoms with E-state index in [1.54, 1.807) is 0 Å². The normalized spacial score (nSPS) is 21.4. The van der Waals surface area contributed by atoms with Gasteiger partial charge in [-0.15, -0.1) is 0 Å². The first-order valence-corrected chi connectivity index (χ1v) is 3.90. The SMILES string of the molecule is CC1C=CC=c2[nH]ccc2=C1. The van der Waals surface area contributed by atoms with Gasteiger partial charge in [0.1, 0.15) is 0 Å². The van der Waals surface area contributed by atoms with Crippen molar-refractivity contribution in [1.82, 2.24) is 4.98 Å². The van der Waals surface area contributed by atoms with Gasteiger partial charge in [0.15, 0.2) is 0 Å². The van der Waals surface area contributed by atoms with Crippen LogP contribution in [0, 0.1) is 5.92 Å². The van der Waals surface area contributed by atoms with E-state index >= 15 is 0 Å². The van der Waals surface area contributed by atoms with Gasteiger partial charge in [0.25, 0.3) is 0 Å². The molecule has 0 aromatic carbocycles. The molecule has 1 heteroatoms. The van der Waals surface area contributed by atoms with E-state index in [0.717, 1.165) is 0 Å². The second-order valence-corrected chi connectivity index (χ2v) is 2.92. The fourth-order valence-corrected chi connectivity index (χ4v) is 1.35. The molecule has 1 aromatic rings. The molecule has 0 saturated heterocycles. The standard InChI is InChI=1S/C10H11N/c1-8-3-2-4-10-9(7-8)5-6-11-10/h2-8,11H,1H3. The van der Waals surface area contributed by atoms with Gasteiger partial charge in [0, 0.05) is 11.5 Å². The van der Waals surface area contributed by atoms with E-state index in [9.17, 15) is 0 Å². The van der Waals surface area contributed by atoms with Crippen molar-refractivity contribution < 1.29 is 0 Å². The van der Waals surface area contributed by atoms with E-state index in [1.165, 1.54) is 10.6 Å². The van der Waals surface area contributed by atoms with Crippen LogP contribution in [0.4, 0.5) is 0 Å². The largest absolute Gasteiger partial charge is 0.361 e. The number of rotatable bonds is 0. The highest BCUT2D eigenvalue weighted by Gasteiger charge is 1.94. The van der Waals surface area contributed by atoms with E-state index in [1.807, 2.05) is 6.20 Å². The number of allylic oxidation sites excluding steroid dienone is 2. The van der Waals surface area contributed by atoms with E-state index in [0.29, 0.717) is 5.92 Å². The first-order valence-electron chi connectivity index (χ1n) is 3.90. The van der Waals surface area contributed by atoms with Gasteiger partial charge in [0.05, 0.1) is 0 Å². The molecule has 0 fully saturated rings. The van der Waals surface area contributed by atoms with Crippen LogP contribution < -0.4 is 10.6 Å². The lowest BCUT2D eigenvalue weighted by Crippen LogP contribution is -2.21. The highest BCUT2D eigenvalue weighted by Crippen LogP contribution is 1.99. The molecule has 1 aromatic heterocycles. The zero-order chi connectivity index (χ0) is 7.68. The summed E-state index contributed by atoms with van der Waals surface area (Å²) >= 11 is 0. The Morgan fingerprint density at radius 3 is 3.27 bits per heavy atom. The summed E-state index contributed by atoms with van der Waals surface area (Å²) in [6.07, 6.45) is 10.6. The maximum atomic E-state index is 3.18. The van der Waals surface area contributed by atoms with Gasteiger partial charge in [-0.2, -0.15) is 0 Å².